The topological polar surface area (TPSA) is 180 Å². The Balaban J connectivity index is 2.26. The number of phosphoric acid groups is 1. The van der Waals surface area contributed by atoms with Crippen LogP contribution in [0.2, 0.25) is 0 Å². The van der Waals surface area contributed by atoms with Crippen LogP contribution in [0.5, 0.6) is 0 Å². The van der Waals surface area contributed by atoms with Crippen molar-refractivity contribution in [3.63, 3.8) is 0 Å². The van der Waals surface area contributed by atoms with E-state index in [-0.39, 0.29) is 31.3 Å². The van der Waals surface area contributed by atoms with Crippen LogP contribution in [0.15, 0.2) is 12.2 Å². The first-order chi connectivity index (χ1) is 25.3. The molecule has 0 unspecified atom stereocenters. The molecule has 1 fully saturated rings. The van der Waals surface area contributed by atoms with Gasteiger partial charge in [-0.1, -0.05) is 148 Å². The molecule has 11 nitrogen and oxygen atoms in total. The van der Waals surface area contributed by atoms with Crippen LogP contribution in [0, 0.1) is 17.8 Å². The van der Waals surface area contributed by atoms with Crippen molar-refractivity contribution in [3.8, 4) is 0 Å². The van der Waals surface area contributed by atoms with Crippen LogP contribution in [-0.4, -0.2) is 74.7 Å². The maximum Gasteiger partial charge on any atom is 0.469 e. The standard InChI is InChI=1S/C41H77O11P/c1-4-5-18-24-34(42)28-29-37-36(38(43)30-39(37)44)25-20-16-17-22-27-41(46)52-35(32-51-53(47,48)49)31-50-40(45)26-21-15-13-11-9-7-6-8-10-12-14-19-23-33(2)3/h28-29,33-39,42-44H,4-27,30-32H2,1-3H3,(H2,47,48,49)/b29-28+/t34-,35+,36+,37+,38-,39+/m0/s1. The van der Waals surface area contributed by atoms with Crippen LogP contribution in [0.1, 0.15) is 181 Å². The van der Waals surface area contributed by atoms with Crippen LogP contribution in [-0.2, 0) is 28.2 Å². The Morgan fingerprint density at radius 1 is 0.717 bits per heavy atom. The molecule has 1 rings (SSSR count). The number of aliphatic hydroxyl groups excluding tert-OH is 3. The fourth-order valence-corrected chi connectivity index (χ4v) is 7.49. The van der Waals surface area contributed by atoms with Crippen molar-refractivity contribution in [2.75, 3.05) is 13.2 Å². The predicted molar refractivity (Wildman–Crippen MR) is 209 cm³/mol. The largest absolute Gasteiger partial charge is 0.469 e. The lowest BCUT2D eigenvalue weighted by atomic mass is 9.88. The number of carbonyl (C=O) groups excluding carboxylic acids is 2. The summed E-state index contributed by atoms with van der Waals surface area (Å²) in [6, 6.07) is 0. The fourth-order valence-electron chi connectivity index (χ4n) is 7.13. The molecular formula is C41H77O11P. The Bertz CT molecular complexity index is 1000. The average Bonchev–Trinajstić information content (AvgIpc) is 3.36. The summed E-state index contributed by atoms with van der Waals surface area (Å²) >= 11 is 0. The molecule has 0 spiro atoms. The van der Waals surface area contributed by atoms with Gasteiger partial charge in [0, 0.05) is 25.2 Å². The maximum atomic E-state index is 12.5. The van der Waals surface area contributed by atoms with Gasteiger partial charge in [-0.3, -0.25) is 14.1 Å². The van der Waals surface area contributed by atoms with Crippen molar-refractivity contribution in [1.82, 2.24) is 0 Å². The van der Waals surface area contributed by atoms with Crippen LogP contribution >= 0.6 is 7.82 Å². The summed E-state index contributed by atoms with van der Waals surface area (Å²) in [4.78, 5) is 43.1. The molecule has 6 atom stereocenters. The van der Waals surface area contributed by atoms with E-state index in [0.717, 1.165) is 70.1 Å². The van der Waals surface area contributed by atoms with E-state index >= 15 is 0 Å². The van der Waals surface area contributed by atoms with E-state index in [4.69, 9.17) is 19.3 Å². The first-order valence-corrected chi connectivity index (χ1v) is 22.6. The maximum absolute atomic E-state index is 12.5. The van der Waals surface area contributed by atoms with Gasteiger partial charge in [0.1, 0.15) is 6.61 Å². The van der Waals surface area contributed by atoms with E-state index in [2.05, 4.69) is 25.3 Å². The van der Waals surface area contributed by atoms with Gasteiger partial charge in [0.2, 0.25) is 0 Å². The molecule has 12 heteroatoms. The van der Waals surface area contributed by atoms with Crippen LogP contribution in [0.3, 0.4) is 0 Å². The third-order valence-corrected chi connectivity index (χ3v) is 10.8. The van der Waals surface area contributed by atoms with Gasteiger partial charge in [0.15, 0.2) is 6.10 Å². The summed E-state index contributed by atoms with van der Waals surface area (Å²) in [5.74, 6) is -0.508. The number of aliphatic hydroxyl groups is 3. The van der Waals surface area contributed by atoms with Gasteiger partial charge in [0.25, 0.3) is 0 Å². The Morgan fingerprint density at radius 2 is 1.25 bits per heavy atom. The Hall–Kier alpha value is -1.33. The lowest BCUT2D eigenvalue weighted by Gasteiger charge is -2.21. The number of ether oxygens (including phenoxy) is 2. The number of esters is 2. The highest BCUT2D eigenvalue weighted by atomic mass is 31.2. The molecule has 0 amide bonds. The normalized spacial score (nSPS) is 20.3. The van der Waals surface area contributed by atoms with Crippen molar-refractivity contribution in [1.29, 1.82) is 0 Å². The SMILES string of the molecule is CCCCC[C@H](O)/C=C/[C@@H]1[C@@H](CCCCCCC(=O)O[C@H](COC(=O)CCCCCCCCCCCCCCC(C)C)COP(=O)(O)O)[C@@H](O)C[C@H]1O. The molecule has 1 aliphatic carbocycles. The Morgan fingerprint density at radius 3 is 1.81 bits per heavy atom. The summed E-state index contributed by atoms with van der Waals surface area (Å²) in [5.41, 5.74) is 0. The van der Waals surface area contributed by atoms with Gasteiger partial charge in [-0.25, -0.2) is 4.57 Å². The van der Waals surface area contributed by atoms with Crippen molar-refractivity contribution in [3.05, 3.63) is 12.2 Å². The molecule has 1 aliphatic rings. The summed E-state index contributed by atoms with van der Waals surface area (Å²) in [5, 5.41) is 31.2. The first-order valence-electron chi connectivity index (χ1n) is 21.1. The number of phosphoric ester groups is 1. The van der Waals surface area contributed by atoms with E-state index in [1.165, 1.54) is 57.8 Å². The molecular weight excluding hydrogens is 699 g/mol. The van der Waals surface area contributed by atoms with Gasteiger partial charge in [0.05, 0.1) is 24.9 Å². The minimum atomic E-state index is -4.81. The molecule has 0 heterocycles. The third-order valence-electron chi connectivity index (χ3n) is 10.3. The molecule has 53 heavy (non-hydrogen) atoms. The summed E-state index contributed by atoms with van der Waals surface area (Å²) in [7, 11) is -4.81. The summed E-state index contributed by atoms with van der Waals surface area (Å²) in [6.07, 6.45) is 24.3. The molecule has 312 valence electrons. The highest BCUT2D eigenvalue weighted by molar-refractivity contribution is 7.46. The van der Waals surface area contributed by atoms with E-state index in [1.54, 1.807) is 6.08 Å². The quantitative estimate of drug-likeness (QED) is 0.0182. The predicted octanol–water partition coefficient (Wildman–Crippen LogP) is 8.86. The number of rotatable bonds is 34. The van der Waals surface area contributed by atoms with Gasteiger partial charge < -0.3 is 34.6 Å². The Kier molecular flexibility index (Phi) is 28.9. The second kappa shape index (κ2) is 30.8. The third kappa shape index (κ3) is 27.8. The zero-order valence-electron chi connectivity index (χ0n) is 33.4. The average molecular weight is 777 g/mol. The molecule has 0 aromatic carbocycles. The van der Waals surface area contributed by atoms with Crippen molar-refractivity contribution in [2.45, 2.75) is 206 Å². The molecule has 0 bridgehead atoms. The number of hydrogen-bond donors (Lipinski definition) is 5. The van der Waals surface area contributed by atoms with Gasteiger partial charge in [-0.2, -0.15) is 0 Å². The van der Waals surface area contributed by atoms with E-state index in [1.807, 2.05) is 6.08 Å². The van der Waals surface area contributed by atoms with Crippen molar-refractivity contribution in [2.24, 2.45) is 17.8 Å². The Labute approximate surface area is 321 Å². The second-order valence-electron chi connectivity index (χ2n) is 15.8. The minimum absolute atomic E-state index is 0.0881. The lowest BCUT2D eigenvalue weighted by molar-refractivity contribution is -0.161. The zero-order valence-corrected chi connectivity index (χ0v) is 34.3. The van der Waals surface area contributed by atoms with Crippen LogP contribution in [0.25, 0.3) is 0 Å². The molecule has 0 aromatic heterocycles. The lowest BCUT2D eigenvalue weighted by Crippen LogP contribution is -2.29. The van der Waals surface area contributed by atoms with Gasteiger partial charge in [-0.15, -0.1) is 0 Å². The van der Waals surface area contributed by atoms with Crippen molar-refractivity contribution < 1.29 is 53.3 Å². The molecule has 0 aliphatic heterocycles. The van der Waals surface area contributed by atoms with Crippen LogP contribution < -0.4 is 0 Å². The first kappa shape index (κ1) is 49.7. The monoisotopic (exact) mass is 777 g/mol. The number of unbranched alkanes of at least 4 members (excludes halogenated alkanes) is 16. The van der Waals surface area contributed by atoms with Crippen molar-refractivity contribution >= 4 is 19.8 Å². The van der Waals surface area contributed by atoms with E-state index < -0.39 is 50.8 Å². The number of carbonyl (C=O) groups is 2. The minimum Gasteiger partial charge on any atom is -0.462 e. The molecule has 0 saturated heterocycles. The van der Waals surface area contributed by atoms with E-state index in [9.17, 15) is 29.5 Å². The molecule has 0 radical (unpaired) electrons. The summed E-state index contributed by atoms with van der Waals surface area (Å²) < 4.78 is 26.4. The number of hydrogen-bond acceptors (Lipinski definition) is 9. The van der Waals surface area contributed by atoms with Gasteiger partial charge >= 0.3 is 19.8 Å². The molecule has 5 N–H and O–H groups in total. The second-order valence-corrected chi connectivity index (χ2v) is 17.0. The highest BCUT2D eigenvalue weighted by Crippen LogP contribution is 2.38. The smallest absolute Gasteiger partial charge is 0.462 e. The van der Waals surface area contributed by atoms with E-state index in [0.29, 0.717) is 25.7 Å². The zero-order chi connectivity index (χ0) is 39.3. The molecule has 0 aromatic rings. The van der Waals surface area contributed by atoms with Gasteiger partial charge in [-0.05, 0) is 37.5 Å². The fraction of sp³-hybridized carbons (Fsp3) is 0.902. The summed E-state index contributed by atoms with van der Waals surface area (Å²) in [6.45, 7) is 5.74. The highest BCUT2D eigenvalue weighted by Gasteiger charge is 2.39. The van der Waals surface area contributed by atoms with Crippen LogP contribution in [0.4, 0.5) is 0 Å². The molecule has 1 saturated carbocycles.